The number of anilines is 1. The minimum atomic E-state index is -0.00260. The minimum absolute atomic E-state index is 0.00260. The molecule has 0 spiro atoms. The highest BCUT2D eigenvalue weighted by molar-refractivity contribution is 5.80. The molecule has 0 unspecified atom stereocenters. The SMILES string of the molecule is Cc1ccc2c(ccn2CCCn2cc(N)ccc2=O)c1. The van der Waals surface area contributed by atoms with Crippen molar-refractivity contribution in [3.63, 3.8) is 0 Å². The molecule has 0 saturated carbocycles. The van der Waals surface area contributed by atoms with Gasteiger partial charge in [0.25, 0.3) is 5.56 Å². The van der Waals surface area contributed by atoms with Gasteiger partial charge in [-0.25, -0.2) is 0 Å². The van der Waals surface area contributed by atoms with E-state index in [1.54, 1.807) is 16.8 Å². The van der Waals surface area contributed by atoms with Gasteiger partial charge >= 0.3 is 0 Å². The lowest BCUT2D eigenvalue weighted by atomic mass is 10.2. The summed E-state index contributed by atoms with van der Waals surface area (Å²) in [4.78, 5) is 11.7. The van der Waals surface area contributed by atoms with Crippen molar-refractivity contribution < 1.29 is 0 Å². The van der Waals surface area contributed by atoms with Crippen LogP contribution in [-0.2, 0) is 13.1 Å². The van der Waals surface area contributed by atoms with Crippen molar-refractivity contribution >= 4 is 16.6 Å². The number of nitrogens with two attached hydrogens (primary N) is 1. The first-order valence-electron chi connectivity index (χ1n) is 7.15. The maximum atomic E-state index is 11.7. The molecule has 4 nitrogen and oxygen atoms in total. The van der Waals surface area contributed by atoms with E-state index in [0.29, 0.717) is 12.2 Å². The average Bonchev–Trinajstić information content (AvgIpc) is 2.85. The van der Waals surface area contributed by atoms with E-state index in [4.69, 9.17) is 5.73 Å². The van der Waals surface area contributed by atoms with E-state index in [1.165, 1.54) is 22.5 Å². The van der Waals surface area contributed by atoms with Gasteiger partial charge in [-0.2, -0.15) is 0 Å². The van der Waals surface area contributed by atoms with Crippen LogP contribution < -0.4 is 11.3 Å². The number of aryl methyl sites for hydroxylation is 3. The summed E-state index contributed by atoms with van der Waals surface area (Å²) in [5.41, 5.74) is 8.84. The van der Waals surface area contributed by atoms with Gasteiger partial charge in [0, 0.05) is 42.8 Å². The summed E-state index contributed by atoms with van der Waals surface area (Å²) in [6, 6.07) is 11.8. The van der Waals surface area contributed by atoms with Gasteiger partial charge < -0.3 is 14.9 Å². The smallest absolute Gasteiger partial charge is 0.250 e. The first-order valence-corrected chi connectivity index (χ1v) is 7.15. The highest BCUT2D eigenvalue weighted by Crippen LogP contribution is 2.17. The summed E-state index contributed by atoms with van der Waals surface area (Å²) in [5, 5.41) is 1.26. The molecular formula is C17H19N3O. The number of benzene rings is 1. The molecule has 2 heterocycles. The molecule has 3 aromatic rings. The predicted molar refractivity (Wildman–Crippen MR) is 86.4 cm³/mol. The van der Waals surface area contributed by atoms with Crippen molar-refractivity contribution in [1.82, 2.24) is 9.13 Å². The Morgan fingerprint density at radius 2 is 1.86 bits per heavy atom. The number of nitrogen functional groups attached to an aromatic ring is 1. The Morgan fingerprint density at radius 1 is 1.05 bits per heavy atom. The van der Waals surface area contributed by atoms with Gasteiger partial charge in [0.2, 0.25) is 0 Å². The fourth-order valence-corrected chi connectivity index (χ4v) is 2.65. The van der Waals surface area contributed by atoms with E-state index in [2.05, 4.69) is 42.0 Å². The molecule has 1 aromatic carbocycles. The number of hydrogen-bond donors (Lipinski definition) is 1. The van der Waals surface area contributed by atoms with Gasteiger partial charge in [-0.15, -0.1) is 0 Å². The fourth-order valence-electron chi connectivity index (χ4n) is 2.65. The third kappa shape index (κ3) is 2.84. The third-order valence-electron chi connectivity index (χ3n) is 3.73. The third-order valence-corrected chi connectivity index (χ3v) is 3.73. The van der Waals surface area contributed by atoms with Crippen LogP contribution in [0.5, 0.6) is 0 Å². The van der Waals surface area contributed by atoms with Crippen LogP contribution in [0.2, 0.25) is 0 Å². The summed E-state index contributed by atoms with van der Waals surface area (Å²) in [6.45, 7) is 3.66. The molecule has 0 bridgehead atoms. The van der Waals surface area contributed by atoms with Crippen LogP contribution in [0.1, 0.15) is 12.0 Å². The van der Waals surface area contributed by atoms with Crippen LogP contribution in [0.15, 0.2) is 53.6 Å². The lowest BCUT2D eigenvalue weighted by Gasteiger charge is -2.08. The molecule has 0 amide bonds. The summed E-state index contributed by atoms with van der Waals surface area (Å²) in [7, 11) is 0. The van der Waals surface area contributed by atoms with Crippen LogP contribution in [-0.4, -0.2) is 9.13 Å². The number of pyridine rings is 1. The number of fused-ring (bicyclic) bond motifs is 1. The molecule has 0 aliphatic carbocycles. The molecule has 0 radical (unpaired) electrons. The largest absolute Gasteiger partial charge is 0.398 e. The minimum Gasteiger partial charge on any atom is -0.398 e. The first kappa shape index (κ1) is 13.5. The summed E-state index contributed by atoms with van der Waals surface area (Å²) < 4.78 is 3.90. The zero-order valence-electron chi connectivity index (χ0n) is 12.1. The normalized spacial score (nSPS) is 11.1. The van der Waals surface area contributed by atoms with Crippen LogP contribution in [0.3, 0.4) is 0 Å². The number of rotatable bonds is 4. The summed E-state index contributed by atoms with van der Waals surface area (Å²) in [6.07, 6.45) is 4.70. The van der Waals surface area contributed by atoms with E-state index in [1.807, 2.05) is 0 Å². The van der Waals surface area contributed by atoms with E-state index in [-0.39, 0.29) is 5.56 Å². The number of hydrogen-bond acceptors (Lipinski definition) is 2. The van der Waals surface area contributed by atoms with Gasteiger partial charge in [-0.1, -0.05) is 11.6 Å². The van der Waals surface area contributed by atoms with Crippen LogP contribution in [0, 0.1) is 6.92 Å². The maximum Gasteiger partial charge on any atom is 0.250 e. The summed E-state index contributed by atoms with van der Waals surface area (Å²) >= 11 is 0. The lowest BCUT2D eigenvalue weighted by Crippen LogP contribution is -2.19. The van der Waals surface area contributed by atoms with E-state index >= 15 is 0 Å². The van der Waals surface area contributed by atoms with Crippen molar-refractivity contribution in [2.45, 2.75) is 26.4 Å². The Morgan fingerprint density at radius 3 is 2.71 bits per heavy atom. The molecule has 0 atom stereocenters. The van der Waals surface area contributed by atoms with Crippen LogP contribution in [0.25, 0.3) is 10.9 Å². The monoisotopic (exact) mass is 281 g/mol. The van der Waals surface area contributed by atoms with Crippen molar-refractivity contribution in [3.05, 3.63) is 64.7 Å². The first-order chi connectivity index (χ1) is 10.1. The molecule has 4 heteroatoms. The quantitative estimate of drug-likeness (QED) is 0.799. The molecule has 2 aromatic heterocycles. The Hall–Kier alpha value is -2.49. The van der Waals surface area contributed by atoms with Gasteiger partial charge in [0.15, 0.2) is 0 Å². The Bertz CT molecular complexity index is 829. The molecule has 0 saturated heterocycles. The fraction of sp³-hybridized carbons (Fsp3) is 0.235. The zero-order valence-corrected chi connectivity index (χ0v) is 12.1. The Kier molecular flexibility index (Phi) is 3.52. The van der Waals surface area contributed by atoms with Gasteiger partial charge in [0.1, 0.15) is 0 Å². The highest BCUT2D eigenvalue weighted by atomic mass is 16.1. The second-order valence-electron chi connectivity index (χ2n) is 5.42. The highest BCUT2D eigenvalue weighted by Gasteiger charge is 2.02. The molecule has 2 N–H and O–H groups in total. The van der Waals surface area contributed by atoms with Crippen LogP contribution >= 0.6 is 0 Å². The number of nitrogens with zero attached hydrogens (tertiary/aromatic N) is 2. The Labute approximate surface area is 123 Å². The van der Waals surface area contributed by atoms with Crippen LogP contribution in [0.4, 0.5) is 5.69 Å². The molecule has 21 heavy (non-hydrogen) atoms. The molecule has 0 fully saturated rings. The lowest BCUT2D eigenvalue weighted by molar-refractivity contribution is 0.562. The van der Waals surface area contributed by atoms with E-state index in [0.717, 1.165) is 13.0 Å². The average molecular weight is 281 g/mol. The van der Waals surface area contributed by atoms with Gasteiger partial charge in [-0.3, -0.25) is 4.79 Å². The second-order valence-corrected chi connectivity index (χ2v) is 5.42. The van der Waals surface area contributed by atoms with Gasteiger partial charge in [0.05, 0.1) is 0 Å². The second kappa shape index (κ2) is 5.48. The van der Waals surface area contributed by atoms with E-state index < -0.39 is 0 Å². The Balaban J connectivity index is 1.72. The van der Waals surface area contributed by atoms with Crippen molar-refractivity contribution in [2.75, 3.05) is 5.73 Å². The molecule has 3 rings (SSSR count). The summed E-state index contributed by atoms with van der Waals surface area (Å²) in [5.74, 6) is 0. The molecule has 0 aliphatic rings. The molecule has 108 valence electrons. The predicted octanol–water partition coefficient (Wildman–Crippen LogP) is 2.78. The van der Waals surface area contributed by atoms with Crippen molar-refractivity contribution in [1.29, 1.82) is 0 Å². The van der Waals surface area contributed by atoms with Crippen molar-refractivity contribution in [3.8, 4) is 0 Å². The van der Waals surface area contributed by atoms with E-state index in [9.17, 15) is 4.79 Å². The molecular weight excluding hydrogens is 262 g/mol. The standard InChI is InChI=1S/C17H19N3O/c1-13-3-5-16-14(11-13)7-10-19(16)8-2-9-20-12-15(18)4-6-17(20)21/h3-7,10-12H,2,8-9,18H2,1H3. The van der Waals surface area contributed by atoms with Crippen molar-refractivity contribution in [2.24, 2.45) is 0 Å². The van der Waals surface area contributed by atoms with Gasteiger partial charge in [-0.05, 0) is 43.0 Å². The topological polar surface area (TPSA) is 52.9 Å². The maximum absolute atomic E-state index is 11.7. The zero-order chi connectivity index (χ0) is 14.8. The number of aromatic nitrogens is 2. The molecule has 0 aliphatic heterocycles.